The summed E-state index contributed by atoms with van der Waals surface area (Å²) in [5.41, 5.74) is 1.46. The van der Waals surface area contributed by atoms with E-state index in [-0.39, 0.29) is 12.4 Å². The molecule has 2 aromatic rings. The maximum absolute atomic E-state index is 10.3. The summed E-state index contributed by atoms with van der Waals surface area (Å²) in [4.78, 5) is 8.11. The molecule has 3 heterocycles. The van der Waals surface area contributed by atoms with Crippen LogP contribution in [0.5, 0.6) is 0 Å². The second kappa shape index (κ2) is 5.45. The van der Waals surface area contributed by atoms with Gasteiger partial charge >= 0.3 is 0 Å². The van der Waals surface area contributed by atoms with E-state index in [2.05, 4.69) is 9.97 Å². The second-order valence-corrected chi connectivity index (χ2v) is 5.34. The highest BCUT2D eigenvalue weighted by atomic mass is 16.6. The number of aromatic nitrogens is 3. The van der Waals surface area contributed by atoms with Gasteiger partial charge in [0.05, 0.1) is 12.0 Å². The zero-order valence-electron chi connectivity index (χ0n) is 12.2. The Bertz CT molecular complexity index is 677. The van der Waals surface area contributed by atoms with E-state index in [9.17, 15) is 10.2 Å². The Hall–Kier alpha value is -1.78. The van der Waals surface area contributed by atoms with Gasteiger partial charge in [-0.05, 0) is 13.0 Å². The summed E-state index contributed by atoms with van der Waals surface area (Å²) in [6.45, 7) is 1.38. The highest BCUT2D eigenvalue weighted by molar-refractivity contribution is 5.86. The number of nitrogens with one attached hydrogen (secondary N) is 1. The van der Waals surface area contributed by atoms with Gasteiger partial charge in [0.25, 0.3) is 0 Å². The van der Waals surface area contributed by atoms with Crippen LogP contribution < -0.4 is 5.48 Å². The number of fused-ring (bicyclic) bond motifs is 1. The molecule has 120 valence electrons. The van der Waals surface area contributed by atoms with E-state index < -0.39 is 24.0 Å². The van der Waals surface area contributed by atoms with Crippen molar-refractivity contribution in [2.24, 2.45) is 0 Å². The highest BCUT2D eigenvalue weighted by Crippen LogP contribution is 2.42. The lowest BCUT2D eigenvalue weighted by Crippen LogP contribution is -2.46. The van der Waals surface area contributed by atoms with E-state index in [0.717, 1.165) is 0 Å². The van der Waals surface area contributed by atoms with Gasteiger partial charge in [0.1, 0.15) is 29.8 Å². The van der Waals surface area contributed by atoms with Crippen LogP contribution in [0, 0.1) is 0 Å². The second-order valence-electron chi connectivity index (χ2n) is 5.34. The molecule has 1 aliphatic heterocycles. The van der Waals surface area contributed by atoms with Crippen molar-refractivity contribution in [3.8, 4) is 0 Å². The third-order valence-electron chi connectivity index (χ3n) is 4.22. The number of aliphatic hydroxyl groups excluding tert-OH is 2. The third-order valence-corrected chi connectivity index (χ3v) is 4.22. The van der Waals surface area contributed by atoms with Crippen LogP contribution in [0.2, 0.25) is 0 Å². The SMILES string of the molecule is CO[C@]1(C)C(O)C(CO)O[C@H]1n1ccc2c(NO)ncnc21. The summed E-state index contributed by atoms with van der Waals surface area (Å²) in [5.74, 6) is 0.264. The smallest absolute Gasteiger partial charge is 0.167 e. The Morgan fingerprint density at radius 2 is 2.27 bits per heavy atom. The fourth-order valence-electron chi connectivity index (χ4n) is 2.85. The van der Waals surface area contributed by atoms with Gasteiger partial charge in [0, 0.05) is 13.3 Å². The molecule has 0 aliphatic carbocycles. The Kier molecular flexibility index (Phi) is 3.75. The van der Waals surface area contributed by atoms with Gasteiger partial charge in [-0.25, -0.2) is 9.97 Å². The first-order chi connectivity index (χ1) is 10.6. The van der Waals surface area contributed by atoms with Gasteiger partial charge < -0.3 is 24.3 Å². The first-order valence-corrected chi connectivity index (χ1v) is 6.78. The quantitative estimate of drug-likeness (QED) is 0.577. The molecule has 22 heavy (non-hydrogen) atoms. The molecule has 9 nitrogen and oxygen atoms in total. The van der Waals surface area contributed by atoms with Crippen LogP contribution >= 0.6 is 0 Å². The highest BCUT2D eigenvalue weighted by Gasteiger charge is 2.54. The van der Waals surface area contributed by atoms with Crippen LogP contribution in [0.3, 0.4) is 0 Å². The van der Waals surface area contributed by atoms with Crippen molar-refractivity contribution in [2.75, 3.05) is 19.2 Å². The molecule has 4 N–H and O–H groups in total. The number of rotatable bonds is 4. The number of hydrogen-bond donors (Lipinski definition) is 4. The maximum Gasteiger partial charge on any atom is 0.167 e. The number of nitrogens with zero attached hydrogens (tertiary/aromatic N) is 3. The largest absolute Gasteiger partial charge is 0.394 e. The monoisotopic (exact) mass is 310 g/mol. The summed E-state index contributed by atoms with van der Waals surface area (Å²) < 4.78 is 12.9. The van der Waals surface area contributed by atoms with Gasteiger partial charge in [-0.3, -0.25) is 10.7 Å². The lowest BCUT2D eigenvalue weighted by Gasteiger charge is -2.31. The van der Waals surface area contributed by atoms with E-state index in [1.54, 1.807) is 23.8 Å². The zero-order valence-corrected chi connectivity index (χ0v) is 12.2. The Balaban J connectivity index is 2.11. The topological polar surface area (TPSA) is 122 Å². The Morgan fingerprint density at radius 1 is 1.50 bits per heavy atom. The first kappa shape index (κ1) is 15.1. The van der Waals surface area contributed by atoms with Crippen LogP contribution in [0.15, 0.2) is 18.6 Å². The molecule has 0 aromatic carbocycles. The minimum absolute atomic E-state index is 0.264. The van der Waals surface area contributed by atoms with E-state index in [1.165, 1.54) is 13.4 Å². The number of hydrogen-bond acceptors (Lipinski definition) is 8. The molecule has 2 aromatic heterocycles. The molecule has 1 aliphatic rings. The van der Waals surface area contributed by atoms with Crippen molar-refractivity contribution >= 4 is 16.9 Å². The van der Waals surface area contributed by atoms with Crippen molar-refractivity contribution in [3.05, 3.63) is 18.6 Å². The first-order valence-electron chi connectivity index (χ1n) is 6.78. The molecule has 1 fully saturated rings. The minimum atomic E-state index is -1.06. The van der Waals surface area contributed by atoms with Crippen molar-refractivity contribution in [3.63, 3.8) is 0 Å². The molecular weight excluding hydrogens is 292 g/mol. The molecule has 0 bridgehead atoms. The fraction of sp³-hybridized carbons (Fsp3) is 0.538. The number of anilines is 1. The lowest BCUT2D eigenvalue weighted by molar-refractivity contribution is -0.118. The summed E-state index contributed by atoms with van der Waals surface area (Å²) in [6, 6.07) is 1.71. The Morgan fingerprint density at radius 3 is 2.91 bits per heavy atom. The predicted molar refractivity (Wildman–Crippen MR) is 75.4 cm³/mol. The molecule has 1 saturated heterocycles. The van der Waals surface area contributed by atoms with Crippen LogP contribution in [0.4, 0.5) is 5.82 Å². The molecule has 4 atom stereocenters. The van der Waals surface area contributed by atoms with Gasteiger partial charge in [-0.2, -0.15) is 0 Å². The number of aliphatic hydroxyl groups is 2. The summed E-state index contributed by atoms with van der Waals surface area (Å²) in [7, 11) is 1.47. The predicted octanol–water partition coefficient (Wildman–Crippen LogP) is -0.112. The summed E-state index contributed by atoms with van der Waals surface area (Å²) in [5, 5.41) is 29.4. The molecule has 0 radical (unpaired) electrons. The fourth-order valence-corrected chi connectivity index (χ4v) is 2.85. The van der Waals surface area contributed by atoms with Gasteiger partial charge in [-0.15, -0.1) is 0 Å². The van der Waals surface area contributed by atoms with E-state index in [0.29, 0.717) is 11.0 Å². The molecular formula is C13H18N4O5. The maximum atomic E-state index is 10.3. The van der Waals surface area contributed by atoms with Crippen molar-refractivity contribution < 1.29 is 24.9 Å². The van der Waals surface area contributed by atoms with Crippen LogP contribution in [0.1, 0.15) is 13.2 Å². The van der Waals surface area contributed by atoms with Crippen LogP contribution in [-0.4, -0.2) is 61.5 Å². The Labute approximate surface area is 126 Å². The zero-order chi connectivity index (χ0) is 15.9. The van der Waals surface area contributed by atoms with Crippen LogP contribution in [-0.2, 0) is 9.47 Å². The van der Waals surface area contributed by atoms with E-state index in [4.69, 9.17) is 14.7 Å². The van der Waals surface area contributed by atoms with Crippen molar-refractivity contribution in [1.82, 2.24) is 14.5 Å². The van der Waals surface area contributed by atoms with E-state index >= 15 is 0 Å². The van der Waals surface area contributed by atoms with Crippen molar-refractivity contribution in [1.29, 1.82) is 0 Å². The molecule has 0 amide bonds. The van der Waals surface area contributed by atoms with Gasteiger partial charge in [-0.1, -0.05) is 0 Å². The summed E-state index contributed by atoms with van der Waals surface area (Å²) in [6.07, 6.45) is 0.556. The molecule has 9 heteroatoms. The normalized spacial score (nSPS) is 31.8. The average molecular weight is 310 g/mol. The number of methoxy groups -OCH3 is 1. The van der Waals surface area contributed by atoms with E-state index in [1.807, 2.05) is 5.48 Å². The van der Waals surface area contributed by atoms with Gasteiger partial charge in [0.2, 0.25) is 0 Å². The third kappa shape index (κ3) is 1.98. The molecule has 0 spiro atoms. The molecule has 3 rings (SSSR count). The minimum Gasteiger partial charge on any atom is -0.394 e. The lowest BCUT2D eigenvalue weighted by atomic mass is 9.96. The molecule has 0 saturated carbocycles. The molecule has 2 unspecified atom stereocenters. The van der Waals surface area contributed by atoms with Gasteiger partial charge in [0.15, 0.2) is 12.0 Å². The standard InChI is InChI=1S/C13H18N4O5/c1-13(21-2)9(19)8(5-18)22-12(13)17-4-3-7-10(16-20)14-6-15-11(7)17/h3-4,6,8-9,12,18-20H,5H2,1-2H3,(H,14,15,16)/t8?,9?,12-,13-/m1/s1. The van der Waals surface area contributed by atoms with Crippen LogP contribution in [0.25, 0.3) is 11.0 Å². The summed E-state index contributed by atoms with van der Waals surface area (Å²) >= 11 is 0. The average Bonchev–Trinajstić information content (AvgIpc) is 3.08. The van der Waals surface area contributed by atoms with Crippen molar-refractivity contribution in [2.45, 2.75) is 31.0 Å². The number of ether oxygens (including phenoxy) is 2.